The highest BCUT2D eigenvalue weighted by atomic mass is 32.2. The summed E-state index contributed by atoms with van der Waals surface area (Å²) in [5.41, 5.74) is -0.183. The van der Waals surface area contributed by atoms with Gasteiger partial charge in [0.1, 0.15) is 24.3 Å². The maximum atomic E-state index is 14.6. The molecule has 2 heterocycles. The van der Waals surface area contributed by atoms with E-state index in [-0.39, 0.29) is 41.3 Å². The Kier molecular flexibility index (Phi) is 5.47. The highest BCUT2D eigenvalue weighted by Crippen LogP contribution is 2.32. The molecule has 2 aliphatic heterocycles. The molecule has 1 atom stereocenters. The molecule has 1 amide bonds. The molecule has 0 spiro atoms. The number of ether oxygens (including phenoxy) is 1. The van der Waals surface area contributed by atoms with E-state index in [2.05, 4.69) is 4.18 Å². The minimum absolute atomic E-state index is 0.00776. The summed E-state index contributed by atoms with van der Waals surface area (Å²) in [5, 5.41) is 0. The van der Waals surface area contributed by atoms with Gasteiger partial charge in [0.2, 0.25) is 0 Å². The van der Waals surface area contributed by atoms with Gasteiger partial charge in [-0.05, 0) is 24.1 Å². The van der Waals surface area contributed by atoms with Crippen LogP contribution in [0.4, 0.5) is 19.3 Å². The van der Waals surface area contributed by atoms with Crippen LogP contribution in [0.2, 0.25) is 0 Å². The Morgan fingerprint density at radius 1 is 1.29 bits per heavy atom. The number of cyclic esters (lactones) is 1. The van der Waals surface area contributed by atoms with Crippen LogP contribution >= 0.6 is 0 Å². The predicted molar refractivity (Wildman–Crippen MR) is 96.0 cm³/mol. The number of allylic oxidation sites excluding steroid dienone is 1. The van der Waals surface area contributed by atoms with Gasteiger partial charge in [-0.2, -0.15) is 8.42 Å². The van der Waals surface area contributed by atoms with Crippen LogP contribution in [0.25, 0.3) is 5.57 Å². The first kappa shape index (κ1) is 20.7. The molecule has 0 aromatic heterocycles. The molecule has 0 unspecified atom stereocenters. The Labute approximate surface area is 160 Å². The van der Waals surface area contributed by atoms with Crippen LogP contribution in [0.5, 0.6) is 0 Å². The Balaban J connectivity index is 1.81. The average Bonchev–Trinajstić information content (AvgIpc) is 2.94. The number of hydrogen-bond donors (Lipinski definition) is 0. The Bertz CT molecular complexity index is 1030. The average molecular weight is 437 g/mol. The molecule has 1 fully saturated rings. The van der Waals surface area contributed by atoms with Crippen molar-refractivity contribution in [2.24, 2.45) is 0 Å². The Hall–Kier alpha value is -2.05. The van der Waals surface area contributed by atoms with Gasteiger partial charge in [-0.3, -0.25) is 9.08 Å². The summed E-state index contributed by atoms with van der Waals surface area (Å²) >= 11 is 0. The van der Waals surface area contributed by atoms with Crippen LogP contribution in [0.1, 0.15) is 12.0 Å². The van der Waals surface area contributed by atoms with Crippen LogP contribution in [0.3, 0.4) is 0 Å². The third-order valence-electron chi connectivity index (χ3n) is 4.27. The smallest absolute Gasteiger partial charge is 0.414 e. The summed E-state index contributed by atoms with van der Waals surface area (Å²) in [4.78, 5) is 12.9. The van der Waals surface area contributed by atoms with Crippen LogP contribution in [-0.2, 0) is 28.9 Å². The number of carbonyl (C=O) groups is 1. The van der Waals surface area contributed by atoms with Gasteiger partial charge in [-0.25, -0.2) is 22.0 Å². The van der Waals surface area contributed by atoms with Crippen molar-refractivity contribution in [3.8, 4) is 0 Å². The van der Waals surface area contributed by atoms with Crippen molar-refractivity contribution >= 4 is 37.3 Å². The van der Waals surface area contributed by atoms with Crippen molar-refractivity contribution in [2.75, 3.05) is 35.8 Å². The van der Waals surface area contributed by atoms with Crippen LogP contribution in [0, 0.1) is 11.6 Å². The van der Waals surface area contributed by atoms with Gasteiger partial charge in [0.25, 0.3) is 10.1 Å². The monoisotopic (exact) mass is 437 g/mol. The number of sulfone groups is 1. The SMILES string of the molecule is CS(=O)(=O)OC[C@H]1CN(c2cc(F)c(C3=CCS(=O)(=O)CC3)c(F)c2)C(=O)O1. The lowest BCUT2D eigenvalue weighted by Gasteiger charge is -2.18. The van der Waals surface area contributed by atoms with Crippen molar-refractivity contribution in [2.45, 2.75) is 12.5 Å². The molecule has 28 heavy (non-hydrogen) atoms. The van der Waals surface area contributed by atoms with Crippen LogP contribution in [0.15, 0.2) is 18.2 Å². The molecule has 1 aromatic rings. The first-order chi connectivity index (χ1) is 13.0. The van der Waals surface area contributed by atoms with Gasteiger partial charge in [-0.15, -0.1) is 0 Å². The number of benzene rings is 1. The summed E-state index contributed by atoms with van der Waals surface area (Å²) in [5.74, 6) is -2.36. The van der Waals surface area contributed by atoms with Gasteiger partial charge in [-0.1, -0.05) is 6.08 Å². The Morgan fingerprint density at radius 3 is 2.46 bits per heavy atom. The second-order valence-electron chi connectivity index (χ2n) is 6.48. The van der Waals surface area contributed by atoms with Crippen molar-refractivity contribution < 1.29 is 39.3 Å². The first-order valence-corrected chi connectivity index (χ1v) is 11.8. The molecule has 8 nitrogen and oxygen atoms in total. The molecule has 1 aromatic carbocycles. The molecule has 12 heteroatoms. The van der Waals surface area contributed by atoms with Gasteiger partial charge < -0.3 is 4.74 Å². The fourth-order valence-electron chi connectivity index (χ4n) is 2.95. The number of hydrogen-bond acceptors (Lipinski definition) is 7. The van der Waals surface area contributed by atoms with E-state index in [1.165, 1.54) is 6.08 Å². The number of halogens is 2. The molecule has 3 rings (SSSR count). The molecule has 0 N–H and O–H groups in total. The molecule has 0 radical (unpaired) electrons. The summed E-state index contributed by atoms with van der Waals surface area (Å²) in [6.07, 6.45) is 0.307. The van der Waals surface area contributed by atoms with E-state index < -0.39 is 50.4 Å². The lowest BCUT2D eigenvalue weighted by Crippen LogP contribution is -2.27. The fraction of sp³-hybridized carbons (Fsp3) is 0.438. The zero-order valence-electron chi connectivity index (χ0n) is 14.7. The van der Waals surface area contributed by atoms with Gasteiger partial charge >= 0.3 is 6.09 Å². The number of carbonyl (C=O) groups excluding carboxylic acids is 1. The second kappa shape index (κ2) is 7.41. The maximum absolute atomic E-state index is 14.6. The van der Waals surface area contributed by atoms with Crippen molar-refractivity contribution in [3.05, 3.63) is 35.4 Å². The third kappa shape index (κ3) is 4.67. The van der Waals surface area contributed by atoms with Crippen molar-refractivity contribution in [1.29, 1.82) is 0 Å². The van der Waals surface area contributed by atoms with Crippen molar-refractivity contribution in [3.63, 3.8) is 0 Å². The number of nitrogens with zero attached hydrogens (tertiary/aromatic N) is 1. The fourth-order valence-corrected chi connectivity index (χ4v) is 4.50. The first-order valence-electron chi connectivity index (χ1n) is 8.16. The van der Waals surface area contributed by atoms with E-state index in [0.717, 1.165) is 23.3 Å². The number of rotatable bonds is 5. The number of amides is 1. The lowest BCUT2D eigenvalue weighted by molar-refractivity contribution is 0.107. The topological polar surface area (TPSA) is 107 Å². The zero-order valence-corrected chi connectivity index (χ0v) is 16.4. The van der Waals surface area contributed by atoms with E-state index in [1.807, 2.05) is 0 Å². The Morgan fingerprint density at radius 2 is 1.93 bits per heavy atom. The quantitative estimate of drug-likeness (QED) is 0.642. The molecular weight excluding hydrogens is 420 g/mol. The zero-order chi connectivity index (χ0) is 20.7. The lowest BCUT2D eigenvalue weighted by atomic mass is 10.0. The summed E-state index contributed by atoms with van der Waals surface area (Å²) in [7, 11) is -6.98. The number of anilines is 1. The maximum Gasteiger partial charge on any atom is 0.414 e. The molecule has 2 aliphatic rings. The van der Waals surface area contributed by atoms with Gasteiger partial charge in [0, 0.05) is 5.56 Å². The van der Waals surface area contributed by atoms with Crippen LogP contribution < -0.4 is 4.90 Å². The standard InChI is InChI=1S/C16H17F2NO7S2/c1-27(21,22)25-9-12-8-19(16(20)26-12)11-6-13(17)15(14(18)7-11)10-2-4-28(23,24)5-3-10/h2,6-7,12H,3-5,8-9H2,1H3/t12-/m1/s1. The normalized spacial score (nSPS) is 22.1. The van der Waals surface area contributed by atoms with E-state index in [1.54, 1.807) is 0 Å². The highest BCUT2D eigenvalue weighted by molar-refractivity contribution is 7.91. The minimum atomic E-state index is -3.73. The van der Waals surface area contributed by atoms with E-state index in [0.29, 0.717) is 0 Å². The summed E-state index contributed by atoms with van der Waals surface area (Å²) in [6.45, 7) is -0.557. The minimum Gasteiger partial charge on any atom is -0.441 e. The highest BCUT2D eigenvalue weighted by Gasteiger charge is 2.34. The second-order valence-corrected chi connectivity index (χ2v) is 10.4. The molecular formula is C16H17F2NO7S2. The van der Waals surface area contributed by atoms with Gasteiger partial charge in [0.15, 0.2) is 9.84 Å². The molecule has 1 saturated heterocycles. The van der Waals surface area contributed by atoms with E-state index in [4.69, 9.17) is 4.74 Å². The van der Waals surface area contributed by atoms with E-state index >= 15 is 0 Å². The third-order valence-corrected chi connectivity index (χ3v) is 6.33. The molecule has 0 saturated carbocycles. The molecule has 0 aliphatic carbocycles. The van der Waals surface area contributed by atoms with E-state index in [9.17, 15) is 30.4 Å². The van der Waals surface area contributed by atoms with Crippen molar-refractivity contribution in [1.82, 2.24) is 0 Å². The summed E-state index contributed by atoms with van der Waals surface area (Å²) in [6, 6.07) is 1.90. The summed E-state index contributed by atoms with van der Waals surface area (Å²) < 4.78 is 83.6. The van der Waals surface area contributed by atoms with Gasteiger partial charge in [0.05, 0.1) is 30.0 Å². The predicted octanol–water partition coefficient (Wildman–Crippen LogP) is 1.47. The largest absolute Gasteiger partial charge is 0.441 e. The molecule has 154 valence electrons. The van der Waals surface area contributed by atoms with Crippen LogP contribution in [-0.4, -0.2) is 59.9 Å². The molecule has 0 bridgehead atoms.